The van der Waals surface area contributed by atoms with Crippen molar-refractivity contribution in [3.63, 3.8) is 0 Å². The van der Waals surface area contributed by atoms with E-state index in [1.54, 1.807) is 0 Å². The van der Waals surface area contributed by atoms with Crippen molar-refractivity contribution in [1.29, 1.82) is 0 Å². The molecular formula is C10H21N3. The number of nitrogens with zero attached hydrogens (tertiary/aromatic N) is 1. The molecule has 0 aliphatic heterocycles. The smallest absolute Gasteiger partial charge is 0.0161 e. The molecule has 0 radical (unpaired) electrons. The molecule has 0 saturated heterocycles. The zero-order valence-electron chi connectivity index (χ0n) is 8.34. The summed E-state index contributed by atoms with van der Waals surface area (Å²) < 4.78 is 0. The average Bonchev–Trinajstić information content (AvgIpc) is 2.13. The van der Waals surface area contributed by atoms with Gasteiger partial charge in [-0.3, -0.25) is 4.90 Å². The molecular weight excluding hydrogens is 162 g/mol. The Labute approximate surface area is 81.3 Å². The predicted octanol–water partition coefficient (Wildman–Crippen LogP) is 0.209. The Kier molecular flexibility index (Phi) is 8.98. The number of rotatable bonds is 9. The van der Waals surface area contributed by atoms with Crippen LogP contribution in [-0.4, -0.2) is 44.2 Å². The van der Waals surface area contributed by atoms with Crippen molar-refractivity contribution in [3.05, 3.63) is 25.3 Å². The molecule has 3 N–H and O–H groups in total. The van der Waals surface area contributed by atoms with Crippen LogP contribution < -0.4 is 11.1 Å². The van der Waals surface area contributed by atoms with E-state index in [-0.39, 0.29) is 0 Å². The first kappa shape index (κ1) is 12.4. The third kappa shape index (κ3) is 7.71. The maximum Gasteiger partial charge on any atom is 0.0161 e. The highest BCUT2D eigenvalue weighted by molar-refractivity contribution is 4.75. The molecule has 0 atom stereocenters. The van der Waals surface area contributed by atoms with Gasteiger partial charge in [-0.05, 0) is 0 Å². The van der Waals surface area contributed by atoms with Crippen LogP contribution in [0.5, 0.6) is 0 Å². The van der Waals surface area contributed by atoms with E-state index in [4.69, 9.17) is 5.73 Å². The van der Waals surface area contributed by atoms with E-state index in [1.807, 2.05) is 12.2 Å². The van der Waals surface area contributed by atoms with Gasteiger partial charge in [0.2, 0.25) is 0 Å². The largest absolute Gasteiger partial charge is 0.329 e. The number of hydrogen-bond acceptors (Lipinski definition) is 3. The summed E-state index contributed by atoms with van der Waals surface area (Å²) in [6, 6.07) is 0. The predicted molar refractivity (Wildman–Crippen MR) is 58.8 cm³/mol. The van der Waals surface area contributed by atoms with E-state index in [9.17, 15) is 0 Å². The molecule has 0 aliphatic rings. The molecule has 0 saturated carbocycles. The van der Waals surface area contributed by atoms with Crippen molar-refractivity contribution in [2.24, 2.45) is 5.73 Å². The number of nitrogens with two attached hydrogens (primary N) is 1. The van der Waals surface area contributed by atoms with Crippen molar-refractivity contribution in [2.45, 2.75) is 0 Å². The fourth-order valence-electron chi connectivity index (χ4n) is 1.10. The van der Waals surface area contributed by atoms with Crippen LogP contribution in [0, 0.1) is 0 Å². The fourth-order valence-corrected chi connectivity index (χ4v) is 1.10. The third-order valence-corrected chi connectivity index (χ3v) is 1.73. The third-order valence-electron chi connectivity index (χ3n) is 1.73. The number of nitrogens with one attached hydrogen (secondary N) is 1. The lowest BCUT2D eigenvalue weighted by Crippen LogP contribution is -2.35. The van der Waals surface area contributed by atoms with Gasteiger partial charge >= 0.3 is 0 Å². The first-order valence-corrected chi connectivity index (χ1v) is 4.70. The van der Waals surface area contributed by atoms with Gasteiger partial charge in [0.25, 0.3) is 0 Å². The second-order valence-electron chi connectivity index (χ2n) is 2.87. The van der Waals surface area contributed by atoms with Crippen molar-refractivity contribution in [2.75, 3.05) is 39.3 Å². The highest BCUT2D eigenvalue weighted by atomic mass is 15.1. The topological polar surface area (TPSA) is 41.3 Å². The molecule has 0 aromatic rings. The van der Waals surface area contributed by atoms with Crippen molar-refractivity contribution in [1.82, 2.24) is 10.2 Å². The monoisotopic (exact) mass is 183 g/mol. The summed E-state index contributed by atoms with van der Waals surface area (Å²) in [5.74, 6) is 0. The van der Waals surface area contributed by atoms with Gasteiger partial charge in [-0.25, -0.2) is 0 Å². The van der Waals surface area contributed by atoms with E-state index in [0.29, 0.717) is 6.54 Å². The quantitative estimate of drug-likeness (QED) is 0.396. The minimum Gasteiger partial charge on any atom is -0.329 e. The van der Waals surface area contributed by atoms with Gasteiger partial charge in [-0.2, -0.15) is 0 Å². The molecule has 3 nitrogen and oxygen atoms in total. The minimum atomic E-state index is 0.704. The van der Waals surface area contributed by atoms with Gasteiger partial charge in [0.15, 0.2) is 0 Å². The molecule has 0 heterocycles. The van der Waals surface area contributed by atoms with E-state index < -0.39 is 0 Å². The van der Waals surface area contributed by atoms with E-state index in [0.717, 1.165) is 32.7 Å². The lowest BCUT2D eigenvalue weighted by atomic mass is 10.4. The van der Waals surface area contributed by atoms with Gasteiger partial charge < -0.3 is 11.1 Å². The molecule has 0 unspecified atom stereocenters. The Morgan fingerprint density at radius 3 is 2.54 bits per heavy atom. The molecule has 0 rings (SSSR count). The minimum absolute atomic E-state index is 0.704. The summed E-state index contributed by atoms with van der Waals surface area (Å²) >= 11 is 0. The Bertz CT molecular complexity index is 134. The Morgan fingerprint density at radius 1 is 1.23 bits per heavy atom. The zero-order chi connectivity index (χ0) is 9.94. The van der Waals surface area contributed by atoms with Gasteiger partial charge in [0, 0.05) is 39.3 Å². The van der Waals surface area contributed by atoms with Crippen molar-refractivity contribution in [3.8, 4) is 0 Å². The standard InChI is InChI=1S/C10H21N3/c1-3-6-12-7-10-13(8-4-2)9-5-11/h3-4,12H,1-2,5-11H2. The van der Waals surface area contributed by atoms with Crippen LogP contribution in [0.1, 0.15) is 0 Å². The van der Waals surface area contributed by atoms with Gasteiger partial charge in [-0.1, -0.05) is 12.2 Å². The highest BCUT2D eigenvalue weighted by Gasteiger charge is 1.99. The summed E-state index contributed by atoms with van der Waals surface area (Å²) in [7, 11) is 0. The first-order chi connectivity index (χ1) is 6.35. The van der Waals surface area contributed by atoms with Crippen LogP contribution in [-0.2, 0) is 0 Å². The van der Waals surface area contributed by atoms with Crippen LogP contribution >= 0.6 is 0 Å². The average molecular weight is 183 g/mol. The summed E-state index contributed by atoms with van der Waals surface area (Å²) in [5.41, 5.74) is 5.48. The normalized spacial score (nSPS) is 10.3. The molecule has 0 aromatic heterocycles. The van der Waals surface area contributed by atoms with E-state index >= 15 is 0 Å². The fraction of sp³-hybridized carbons (Fsp3) is 0.600. The Hall–Kier alpha value is -0.640. The van der Waals surface area contributed by atoms with Gasteiger partial charge in [-0.15, -0.1) is 13.2 Å². The zero-order valence-corrected chi connectivity index (χ0v) is 8.34. The Balaban J connectivity index is 3.43. The molecule has 0 bridgehead atoms. The molecule has 0 fully saturated rings. The molecule has 0 spiro atoms. The molecule has 0 aromatic carbocycles. The second kappa shape index (κ2) is 9.45. The van der Waals surface area contributed by atoms with E-state index in [2.05, 4.69) is 23.4 Å². The summed E-state index contributed by atoms with van der Waals surface area (Å²) in [5, 5.41) is 3.25. The molecule has 0 amide bonds. The van der Waals surface area contributed by atoms with Gasteiger partial charge in [0.05, 0.1) is 0 Å². The first-order valence-electron chi connectivity index (χ1n) is 4.70. The van der Waals surface area contributed by atoms with E-state index in [1.165, 1.54) is 0 Å². The summed E-state index contributed by atoms with van der Waals surface area (Å²) in [6.07, 6.45) is 3.77. The maximum atomic E-state index is 5.48. The lowest BCUT2D eigenvalue weighted by molar-refractivity contribution is 0.311. The van der Waals surface area contributed by atoms with Crippen LogP contribution in [0.3, 0.4) is 0 Å². The van der Waals surface area contributed by atoms with Crippen LogP contribution in [0.15, 0.2) is 25.3 Å². The van der Waals surface area contributed by atoms with Crippen molar-refractivity contribution < 1.29 is 0 Å². The lowest BCUT2D eigenvalue weighted by Gasteiger charge is -2.19. The van der Waals surface area contributed by atoms with Crippen LogP contribution in [0.2, 0.25) is 0 Å². The maximum absolute atomic E-state index is 5.48. The molecule has 13 heavy (non-hydrogen) atoms. The Morgan fingerprint density at radius 2 is 2.00 bits per heavy atom. The summed E-state index contributed by atoms with van der Waals surface area (Å²) in [4.78, 5) is 2.27. The highest BCUT2D eigenvalue weighted by Crippen LogP contribution is 1.85. The number of hydrogen-bond donors (Lipinski definition) is 2. The SMILES string of the molecule is C=CCNCCN(CC=C)CCN. The van der Waals surface area contributed by atoms with Crippen molar-refractivity contribution >= 4 is 0 Å². The molecule has 76 valence electrons. The molecule has 3 heteroatoms. The van der Waals surface area contributed by atoms with Crippen LogP contribution in [0.4, 0.5) is 0 Å². The van der Waals surface area contributed by atoms with Gasteiger partial charge in [0.1, 0.15) is 0 Å². The molecule has 0 aliphatic carbocycles. The van der Waals surface area contributed by atoms with Crippen LogP contribution in [0.25, 0.3) is 0 Å². The second-order valence-corrected chi connectivity index (χ2v) is 2.87. The summed E-state index contributed by atoms with van der Waals surface area (Å²) in [6.45, 7) is 12.7.